The van der Waals surface area contributed by atoms with E-state index in [2.05, 4.69) is 53.9 Å². The third-order valence-corrected chi connectivity index (χ3v) is 16.5. The molecule has 204 valence electrons. The van der Waals surface area contributed by atoms with Gasteiger partial charge in [0.2, 0.25) is 0 Å². The molecule has 1 fully saturated rings. The Morgan fingerprint density at radius 1 is 1.32 bits per heavy atom. The molecule has 1 aromatic carbocycles. The van der Waals surface area contributed by atoms with Gasteiger partial charge in [-0.2, -0.15) is 0 Å². The molecule has 14 heteroatoms. The molecule has 0 spiro atoms. The average molecular weight is 635 g/mol. The first-order valence-corrected chi connectivity index (χ1v) is 20.5. The Morgan fingerprint density at radius 2 is 1.97 bits per heavy atom. The van der Waals surface area contributed by atoms with E-state index in [0.717, 1.165) is 0 Å². The number of H-pyrrole nitrogens is 1. The van der Waals surface area contributed by atoms with Gasteiger partial charge in [-0.15, -0.1) is 0 Å². The van der Waals surface area contributed by atoms with Crippen molar-refractivity contribution >= 4 is 45.4 Å². The number of aromatic amines is 1. The Balaban J connectivity index is 1.88. The van der Waals surface area contributed by atoms with E-state index in [9.17, 15) is 19.7 Å². The first-order chi connectivity index (χ1) is 17.0. The number of hydrogen-bond donors (Lipinski definition) is 1. The number of para-hydroxylation sites is 1. The van der Waals surface area contributed by atoms with Gasteiger partial charge >= 0.3 is 229 Å². The molecule has 4 atom stereocenters. The fourth-order valence-corrected chi connectivity index (χ4v) is 10.3. The SMILES string of the molecule is Cc1cn([C@H]2C[C@H](OP(C)(=[Se])Sc3ccccc3[N+](=O)[O-])[C@@H](CO[Si](C)(C)C(C)(C)C)O2)c(=O)[nH]c1=O. The number of rotatable bonds is 9. The van der Waals surface area contributed by atoms with Gasteiger partial charge in [-0.25, -0.2) is 0 Å². The van der Waals surface area contributed by atoms with Gasteiger partial charge in [0.25, 0.3) is 0 Å². The molecule has 2 heterocycles. The van der Waals surface area contributed by atoms with Crippen LogP contribution in [0, 0.1) is 17.0 Å². The van der Waals surface area contributed by atoms with Crippen LogP contribution in [0.15, 0.2) is 44.9 Å². The van der Waals surface area contributed by atoms with Crippen molar-refractivity contribution in [3.8, 4) is 0 Å². The second-order valence-corrected chi connectivity index (χ2v) is 26.4. The second-order valence-electron chi connectivity index (χ2n) is 10.6. The molecule has 0 amide bonds. The molecular formula is C23H34N3O7PSSeSi. The number of aryl methyl sites for hydroxylation is 1. The van der Waals surface area contributed by atoms with Gasteiger partial charge in [0.1, 0.15) is 0 Å². The fourth-order valence-electron chi connectivity index (χ4n) is 3.57. The van der Waals surface area contributed by atoms with Crippen LogP contribution >= 0.6 is 16.3 Å². The quantitative estimate of drug-likeness (QED) is 0.181. The Labute approximate surface area is 228 Å². The van der Waals surface area contributed by atoms with Crippen molar-refractivity contribution in [1.82, 2.24) is 9.55 Å². The Morgan fingerprint density at radius 3 is 2.59 bits per heavy atom. The van der Waals surface area contributed by atoms with Crippen molar-refractivity contribution < 1.29 is 18.6 Å². The molecule has 2 aromatic rings. The molecule has 3 rings (SSSR count). The van der Waals surface area contributed by atoms with Crippen LogP contribution in [0.25, 0.3) is 0 Å². The molecule has 37 heavy (non-hydrogen) atoms. The summed E-state index contributed by atoms with van der Waals surface area (Å²) in [4.78, 5) is 36.0. The molecule has 0 bridgehead atoms. The van der Waals surface area contributed by atoms with E-state index in [1.807, 2.05) is 6.66 Å². The van der Waals surface area contributed by atoms with Crippen LogP contribution < -0.4 is 11.2 Å². The number of nitrogens with zero attached hydrogens (tertiary/aromatic N) is 2. The van der Waals surface area contributed by atoms with Crippen molar-refractivity contribution in [3.05, 3.63) is 67.0 Å². The topological polar surface area (TPSA) is 126 Å². The summed E-state index contributed by atoms with van der Waals surface area (Å²) in [6.07, 6.45) is 0.276. The summed E-state index contributed by atoms with van der Waals surface area (Å²) in [6, 6.07) is 6.56. The van der Waals surface area contributed by atoms with Crippen molar-refractivity contribution in [2.45, 2.75) is 75.6 Å². The fraction of sp³-hybridized carbons (Fsp3) is 0.565. The van der Waals surface area contributed by atoms with Crippen LogP contribution in [0.1, 0.15) is 39.0 Å². The average Bonchev–Trinajstić information content (AvgIpc) is 3.15. The number of nitro benzene ring substituents is 1. The van der Waals surface area contributed by atoms with Crippen molar-refractivity contribution in [2.75, 3.05) is 13.3 Å². The summed E-state index contributed by atoms with van der Waals surface area (Å²) < 4.78 is 20.7. The summed E-state index contributed by atoms with van der Waals surface area (Å²) >= 11 is 4.43. The number of aromatic nitrogens is 2. The van der Waals surface area contributed by atoms with Crippen molar-refractivity contribution in [3.63, 3.8) is 0 Å². The van der Waals surface area contributed by atoms with Gasteiger partial charge in [-0.3, -0.25) is 0 Å². The predicted octanol–water partition coefficient (Wildman–Crippen LogP) is 4.80. The normalized spacial score (nSPS) is 22.1. The predicted molar refractivity (Wildman–Crippen MR) is 150 cm³/mol. The summed E-state index contributed by atoms with van der Waals surface area (Å²) in [5, 5.41) is 11.5. The molecule has 1 saturated heterocycles. The van der Waals surface area contributed by atoms with Gasteiger partial charge < -0.3 is 0 Å². The van der Waals surface area contributed by atoms with Gasteiger partial charge in [-0.1, -0.05) is 0 Å². The zero-order chi connectivity index (χ0) is 27.8. The van der Waals surface area contributed by atoms with Gasteiger partial charge in [0, 0.05) is 0 Å². The monoisotopic (exact) mass is 635 g/mol. The number of benzene rings is 1. The molecule has 1 unspecified atom stereocenters. The van der Waals surface area contributed by atoms with Gasteiger partial charge in [0.05, 0.1) is 0 Å². The van der Waals surface area contributed by atoms with Crippen LogP contribution in [0.2, 0.25) is 18.1 Å². The van der Waals surface area contributed by atoms with Crippen LogP contribution in [-0.4, -0.2) is 63.4 Å². The molecule has 10 nitrogen and oxygen atoms in total. The molecule has 0 saturated carbocycles. The molecule has 1 N–H and O–H groups in total. The van der Waals surface area contributed by atoms with E-state index in [-0.39, 0.29) is 17.3 Å². The maximum absolute atomic E-state index is 12.6. The zero-order valence-corrected chi connectivity index (χ0v) is 26.5. The summed E-state index contributed by atoms with van der Waals surface area (Å²) in [5.74, 6) is 0. The van der Waals surface area contributed by atoms with Gasteiger partial charge in [-0.05, 0) is 0 Å². The van der Waals surface area contributed by atoms with Crippen molar-refractivity contribution in [1.29, 1.82) is 0 Å². The standard InChI is InChI=1S/C23H34N3O7PSSeSi/c1-15-13-25(22(28)24-21(15)27)20-12-17(18(32-20)14-31-37(6,7)23(2,3)4)33-34(5,36)35-19-11-9-8-10-16(19)26(29)30/h8-11,13,17-18,20H,12,14H2,1-7H3,(H,24,27,28)/t17-,18+,20+,34?/m0/s1. The minimum atomic E-state index is -2.34. The van der Waals surface area contributed by atoms with E-state index in [4.69, 9.17) is 13.7 Å². The van der Waals surface area contributed by atoms with Crippen molar-refractivity contribution in [2.24, 2.45) is 0 Å². The first-order valence-electron chi connectivity index (χ1n) is 11.8. The van der Waals surface area contributed by atoms with E-state index >= 15 is 0 Å². The van der Waals surface area contributed by atoms with Gasteiger partial charge in [0.15, 0.2) is 0 Å². The van der Waals surface area contributed by atoms with E-state index < -0.39 is 47.9 Å². The molecular weight excluding hydrogens is 600 g/mol. The summed E-state index contributed by atoms with van der Waals surface area (Å²) in [5.41, 5.74) is -0.575. The number of hydrogen-bond acceptors (Lipinski definition) is 8. The number of nitro groups is 1. The Kier molecular flexibility index (Phi) is 9.35. The maximum atomic E-state index is 12.6. The summed E-state index contributed by atoms with van der Waals surface area (Å²) in [6.45, 7) is 14.6. The molecule has 1 aliphatic heterocycles. The Hall–Kier alpha value is -1.30. The van der Waals surface area contributed by atoms with Crippen LogP contribution in [0.3, 0.4) is 0 Å². The molecule has 0 radical (unpaired) electrons. The zero-order valence-electron chi connectivity index (χ0n) is 22.0. The third kappa shape index (κ3) is 7.42. The first kappa shape index (κ1) is 30.2. The molecule has 1 aliphatic rings. The van der Waals surface area contributed by atoms with E-state index in [1.54, 1.807) is 25.1 Å². The molecule has 0 aliphatic carbocycles. The second kappa shape index (κ2) is 11.4. The number of nitrogens with one attached hydrogen (secondary N) is 1. The molecule has 1 aromatic heterocycles. The van der Waals surface area contributed by atoms with E-state index in [1.165, 1.54) is 28.2 Å². The van der Waals surface area contributed by atoms with Crippen LogP contribution in [0.5, 0.6) is 0 Å². The number of ether oxygens (including phenoxy) is 1. The van der Waals surface area contributed by atoms with Crippen LogP contribution in [0.4, 0.5) is 5.69 Å². The third-order valence-electron chi connectivity index (χ3n) is 6.70. The minimum absolute atomic E-state index is 0.00350. The van der Waals surface area contributed by atoms with Crippen LogP contribution in [-0.2, 0) is 13.7 Å². The summed E-state index contributed by atoms with van der Waals surface area (Å²) in [7, 11) is -2.10. The van der Waals surface area contributed by atoms with E-state index in [0.29, 0.717) is 16.9 Å². The Bertz CT molecular complexity index is 1330.